The Kier molecular flexibility index (Phi) is 4.59. The lowest BCUT2D eigenvalue weighted by molar-refractivity contribution is -0.383. The molecule has 25 heavy (non-hydrogen) atoms. The number of ether oxygens (including phenoxy) is 1. The fourth-order valence-electron chi connectivity index (χ4n) is 2.85. The van der Waals surface area contributed by atoms with Gasteiger partial charge in [-0.3, -0.25) is 19.7 Å². The highest BCUT2D eigenvalue weighted by atomic mass is 32.1. The summed E-state index contributed by atoms with van der Waals surface area (Å²) in [7, 11) is 0. The van der Waals surface area contributed by atoms with Gasteiger partial charge in [-0.2, -0.15) is 8.75 Å². The van der Waals surface area contributed by atoms with E-state index in [0.717, 1.165) is 17.8 Å². The SMILES string of the molecule is O=C(O)CC1(NC(=O)c2cc([N+](=O)[O-])c3nsnc3c2)CCOCC1. The van der Waals surface area contributed by atoms with Crippen LogP contribution in [0.4, 0.5) is 5.69 Å². The lowest BCUT2D eigenvalue weighted by atomic mass is 9.86. The summed E-state index contributed by atoms with van der Waals surface area (Å²) >= 11 is 0.818. The first kappa shape index (κ1) is 17.2. The summed E-state index contributed by atoms with van der Waals surface area (Å²) in [4.78, 5) is 34.4. The second kappa shape index (κ2) is 6.69. The molecule has 1 saturated heterocycles. The van der Waals surface area contributed by atoms with Crippen LogP contribution in [0.3, 0.4) is 0 Å². The molecule has 2 heterocycles. The van der Waals surface area contributed by atoms with Gasteiger partial charge in [0, 0.05) is 24.8 Å². The standard InChI is InChI=1S/C14H14N4O6S/c19-11(20)7-14(1-3-24-4-2-14)15-13(21)8-5-9-12(17-25-16-9)10(6-8)18(22)23/h5-6H,1-4,7H2,(H,15,21)(H,19,20). The minimum atomic E-state index is -1.03. The van der Waals surface area contributed by atoms with E-state index in [9.17, 15) is 19.7 Å². The van der Waals surface area contributed by atoms with Gasteiger partial charge < -0.3 is 15.2 Å². The number of nitro groups is 1. The van der Waals surface area contributed by atoms with Crippen molar-refractivity contribution >= 4 is 40.3 Å². The van der Waals surface area contributed by atoms with Crippen LogP contribution in [0.15, 0.2) is 12.1 Å². The predicted octanol–water partition coefficient (Wildman–Crippen LogP) is 1.35. The molecular weight excluding hydrogens is 352 g/mol. The molecule has 2 N–H and O–H groups in total. The molecule has 1 aliphatic rings. The van der Waals surface area contributed by atoms with Crippen molar-refractivity contribution < 1.29 is 24.4 Å². The zero-order chi connectivity index (χ0) is 18.0. The Labute approximate surface area is 145 Å². The van der Waals surface area contributed by atoms with Gasteiger partial charge in [-0.25, -0.2) is 0 Å². The third-order valence-electron chi connectivity index (χ3n) is 4.12. The summed E-state index contributed by atoms with van der Waals surface area (Å²) < 4.78 is 13.1. The lowest BCUT2D eigenvalue weighted by Crippen LogP contribution is -2.53. The first-order valence-electron chi connectivity index (χ1n) is 7.43. The highest BCUT2D eigenvalue weighted by molar-refractivity contribution is 7.00. The second-order valence-corrected chi connectivity index (χ2v) is 6.33. The smallest absolute Gasteiger partial charge is 0.305 e. The van der Waals surface area contributed by atoms with Crippen molar-refractivity contribution in [3.63, 3.8) is 0 Å². The van der Waals surface area contributed by atoms with Gasteiger partial charge in [-0.05, 0) is 18.9 Å². The fraction of sp³-hybridized carbons (Fsp3) is 0.429. The number of nitro benzene ring substituents is 1. The lowest BCUT2D eigenvalue weighted by Gasteiger charge is -2.36. The Bertz CT molecular complexity index is 845. The summed E-state index contributed by atoms with van der Waals surface area (Å²) in [6.07, 6.45) is 0.464. The Morgan fingerprint density at radius 2 is 2.08 bits per heavy atom. The molecule has 1 aromatic heterocycles. The number of aromatic nitrogens is 2. The highest BCUT2D eigenvalue weighted by Crippen LogP contribution is 2.28. The molecule has 1 amide bonds. The largest absolute Gasteiger partial charge is 0.481 e. The normalized spacial score (nSPS) is 16.5. The van der Waals surface area contributed by atoms with E-state index in [1.165, 1.54) is 6.07 Å². The number of carboxylic acid groups (broad SMARTS) is 1. The number of fused-ring (bicyclic) bond motifs is 1. The summed E-state index contributed by atoms with van der Waals surface area (Å²) in [5, 5.41) is 23.1. The third kappa shape index (κ3) is 3.56. The maximum atomic E-state index is 12.6. The molecule has 0 spiro atoms. The van der Waals surface area contributed by atoms with Crippen LogP contribution in [0.5, 0.6) is 0 Å². The third-order valence-corrected chi connectivity index (χ3v) is 4.66. The van der Waals surface area contributed by atoms with Gasteiger partial charge in [0.25, 0.3) is 11.6 Å². The van der Waals surface area contributed by atoms with Crippen molar-refractivity contribution in [2.24, 2.45) is 0 Å². The number of carboxylic acids is 1. The first-order valence-corrected chi connectivity index (χ1v) is 8.16. The van der Waals surface area contributed by atoms with Gasteiger partial charge in [0.1, 0.15) is 5.52 Å². The van der Waals surface area contributed by atoms with Crippen LogP contribution in [-0.4, -0.2) is 49.4 Å². The molecule has 1 fully saturated rings. The van der Waals surface area contributed by atoms with Gasteiger partial charge in [0.15, 0.2) is 5.52 Å². The van der Waals surface area contributed by atoms with Crippen molar-refractivity contribution in [2.45, 2.75) is 24.8 Å². The van der Waals surface area contributed by atoms with Crippen LogP contribution in [0, 0.1) is 10.1 Å². The predicted molar refractivity (Wildman–Crippen MR) is 86.6 cm³/mol. The molecule has 132 valence electrons. The zero-order valence-corrected chi connectivity index (χ0v) is 13.7. The van der Waals surface area contributed by atoms with E-state index in [2.05, 4.69) is 14.1 Å². The van der Waals surface area contributed by atoms with Crippen molar-refractivity contribution in [2.75, 3.05) is 13.2 Å². The van der Waals surface area contributed by atoms with Crippen molar-refractivity contribution in [3.05, 3.63) is 27.8 Å². The Balaban J connectivity index is 1.92. The second-order valence-electron chi connectivity index (χ2n) is 5.80. The van der Waals surface area contributed by atoms with Gasteiger partial charge >= 0.3 is 5.97 Å². The van der Waals surface area contributed by atoms with E-state index >= 15 is 0 Å². The van der Waals surface area contributed by atoms with Crippen LogP contribution < -0.4 is 5.32 Å². The molecule has 1 aliphatic heterocycles. The molecule has 0 unspecified atom stereocenters. The van der Waals surface area contributed by atoms with E-state index in [0.29, 0.717) is 26.1 Å². The van der Waals surface area contributed by atoms with Crippen LogP contribution in [0.1, 0.15) is 29.6 Å². The van der Waals surface area contributed by atoms with E-state index < -0.39 is 22.3 Å². The topological polar surface area (TPSA) is 145 Å². The number of non-ortho nitro benzene ring substituents is 1. The van der Waals surface area contributed by atoms with E-state index in [-0.39, 0.29) is 28.7 Å². The number of benzene rings is 1. The molecule has 0 radical (unpaired) electrons. The number of rotatable bonds is 5. The van der Waals surface area contributed by atoms with Gasteiger partial charge in [0.05, 0.1) is 28.6 Å². The average Bonchev–Trinajstić information content (AvgIpc) is 3.02. The molecule has 1 aromatic carbocycles. The summed E-state index contributed by atoms with van der Waals surface area (Å²) in [5.74, 6) is -1.62. The Morgan fingerprint density at radius 1 is 1.36 bits per heavy atom. The van der Waals surface area contributed by atoms with Crippen LogP contribution in [-0.2, 0) is 9.53 Å². The van der Waals surface area contributed by atoms with Gasteiger partial charge in [0.2, 0.25) is 0 Å². The van der Waals surface area contributed by atoms with Crippen LogP contribution in [0.2, 0.25) is 0 Å². The highest BCUT2D eigenvalue weighted by Gasteiger charge is 2.37. The number of amides is 1. The summed E-state index contributed by atoms with van der Waals surface area (Å²) in [6.45, 7) is 0.672. The Morgan fingerprint density at radius 3 is 2.72 bits per heavy atom. The maximum absolute atomic E-state index is 12.6. The van der Waals surface area contributed by atoms with Gasteiger partial charge in [-0.1, -0.05) is 0 Å². The number of hydrogen-bond acceptors (Lipinski definition) is 8. The van der Waals surface area contributed by atoms with Gasteiger partial charge in [-0.15, -0.1) is 0 Å². The zero-order valence-electron chi connectivity index (χ0n) is 12.9. The number of carbonyl (C=O) groups excluding carboxylic acids is 1. The molecular formula is C14H14N4O6S. The summed E-state index contributed by atoms with van der Waals surface area (Å²) in [6, 6.07) is 2.54. The average molecular weight is 366 g/mol. The van der Waals surface area contributed by atoms with E-state index in [1.807, 2.05) is 0 Å². The monoisotopic (exact) mass is 366 g/mol. The first-order chi connectivity index (χ1) is 11.9. The molecule has 0 bridgehead atoms. The minimum Gasteiger partial charge on any atom is -0.481 e. The van der Waals surface area contributed by atoms with Crippen molar-refractivity contribution in [1.29, 1.82) is 0 Å². The molecule has 11 heteroatoms. The van der Waals surface area contributed by atoms with Crippen molar-refractivity contribution in [1.82, 2.24) is 14.1 Å². The fourth-order valence-corrected chi connectivity index (χ4v) is 3.39. The Hall–Kier alpha value is -2.66. The van der Waals surface area contributed by atoms with Crippen molar-refractivity contribution in [3.8, 4) is 0 Å². The maximum Gasteiger partial charge on any atom is 0.305 e. The number of nitrogens with one attached hydrogen (secondary N) is 1. The molecule has 3 rings (SSSR count). The quantitative estimate of drug-likeness (QED) is 0.596. The number of nitrogens with zero attached hydrogens (tertiary/aromatic N) is 3. The van der Waals surface area contributed by atoms with Crippen LogP contribution >= 0.6 is 11.7 Å². The molecule has 10 nitrogen and oxygen atoms in total. The molecule has 0 aliphatic carbocycles. The molecule has 2 aromatic rings. The van der Waals surface area contributed by atoms with E-state index in [4.69, 9.17) is 9.84 Å². The molecule has 0 atom stereocenters. The number of hydrogen-bond donors (Lipinski definition) is 2. The number of carbonyl (C=O) groups is 2. The summed E-state index contributed by atoms with van der Waals surface area (Å²) in [5.41, 5.74) is -0.828. The molecule has 0 saturated carbocycles. The van der Waals surface area contributed by atoms with Crippen LogP contribution in [0.25, 0.3) is 11.0 Å². The number of aliphatic carboxylic acids is 1. The van der Waals surface area contributed by atoms with E-state index in [1.54, 1.807) is 0 Å². The minimum absolute atomic E-state index is 0.0446.